The number of unbranched alkanes of at least 4 members (excludes halogenated alkanes) is 35. The summed E-state index contributed by atoms with van der Waals surface area (Å²) in [5.41, 5.74) is 51.0. The Labute approximate surface area is 805 Å². The van der Waals surface area contributed by atoms with Crippen LogP contribution in [0, 0.1) is 0 Å². The second kappa shape index (κ2) is 91.7. The van der Waals surface area contributed by atoms with Crippen molar-refractivity contribution in [3.05, 3.63) is 0 Å². The van der Waals surface area contributed by atoms with Crippen LogP contribution in [0.15, 0.2) is 0 Å². The average molecular weight is 1900 g/mol. The van der Waals surface area contributed by atoms with Crippen molar-refractivity contribution in [3.8, 4) is 0 Å². The van der Waals surface area contributed by atoms with Gasteiger partial charge in [-0.05, 0) is 277 Å². The summed E-state index contributed by atoms with van der Waals surface area (Å²) >= 11 is 0. The Morgan fingerprint density at radius 1 is 0.149 bits per heavy atom. The topological polar surface area (TPSA) is 630 Å². The summed E-state index contributed by atoms with van der Waals surface area (Å²) in [6, 6.07) is -4.57. The van der Waals surface area contributed by atoms with E-state index in [-0.39, 0.29) is 96.1 Å². The van der Waals surface area contributed by atoms with E-state index >= 15 is 0 Å². The van der Waals surface area contributed by atoms with E-state index in [9.17, 15) is 67.1 Å². The molecule has 36 heteroatoms. The number of amides is 14. The molecular formula is C98H192N22O14. The molecule has 36 nitrogen and oxygen atoms in total. The number of primary amides is 1. The minimum Gasteiger partial charge on any atom is -0.368 e. The summed E-state index contributed by atoms with van der Waals surface area (Å²) in [6.07, 6.45) is 44.2. The first-order chi connectivity index (χ1) is 65.0. The minimum absolute atomic E-state index is 0.107. The molecule has 0 radical (unpaired) electrons. The molecule has 0 spiro atoms. The van der Waals surface area contributed by atoms with Gasteiger partial charge in [-0.2, -0.15) is 0 Å². The first kappa shape index (κ1) is 126. The highest BCUT2D eigenvalue weighted by atomic mass is 16.2. The Hall–Kier alpha value is -7.74. The van der Waals surface area contributed by atoms with Crippen molar-refractivity contribution >= 4 is 82.7 Å². The Kier molecular flexibility index (Phi) is 86.4. The van der Waals surface area contributed by atoms with Gasteiger partial charge >= 0.3 is 0 Å². The van der Waals surface area contributed by atoms with Gasteiger partial charge in [-0.3, -0.25) is 67.1 Å². The lowest BCUT2D eigenvalue weighted by Crippen LogP contribution is -2.47. The van der Waals surface area contributed by atoms with E-state index in [1.54, 1.807) is 0 Å². The molecule has 0 saturated heterocycles. The molecule has 0 saturated carbocycles. The highest BCUT2D eigenvalue weighted by Gasteiger charge is 2.27. The summed E-state index contributed by atoms with van der Waals surface area (Å²) in [5.74, 6) is -3.03. The molecule has 0 rings (SSSR count). The van der Waals surface area contributed by atoms with Crippen LogP contribution in [-0.2, 0) is 67.1 Å². The van der Waals surface area contributed by atoms with Crippen LogP contribution in [-0.4, -0.2) is 217 Å². The largest absolute Gasteiger partial charge is 0.368 e. The van der Waals surface area contributed by atoms with Crippen molar-refractivity contribution in [3.63, 3.8) is 0 Å². The molecule has 14 amide bonds. The summed E-state index contributed by atoms with van der Waals surface area (Å²) in [5, 5.41) is 38.4. The van der Waals surface area contributed by atoms with E-state index in [4.69, 9.17) is 51.6 Å². The first-order valence-electron chi connectivity index (χ1n) is 52.7. The van der Waals surface area contributed by atoms with Crippen molar-refractivity contribution in [2.24, 2.45) is 51.6 Å². The van der Waals surface area contributed by atoms with Gasteiger partial charge in [0.1, 0.15) is 42.3 Å². The SMILES string of the molecule is NCCCCCCCC(=O)NC(CCCCN)C(=O)NCCCCCCCC(=O)NC(CCCCN)C(=O)NCCCCCCCC(=O)NC(CCCCN)C(=O)NCCCCCCCC(=O)NC(CCCCN)C(=O)NCCCCCCCC(=O)NC(CCCCN)C(=O)NCCCCCCCC(=O)NC(CCCCN)C(=O)NCCCCCCCC(=O)NC(CCCCN)C(N)=O. The summed E-state index contributed by atoms with van der Waals surface area (Å²) in [6.45, 7) is 6.94. The number of carbonyl (C=O) groups is 14. The number of nitrogens with two attached hydrogens (primary N) is 9. The smallest absolute Gasteiger partial charge is 0.242 e. The fourth-order valence-electron chi connectivity index (χ4n) is 15.8. The van der Waals surface area contributed by atoms with Crippen LogP contribution in [0.2, 0.25) is 0 Å². The second-order valence-corrected chi connectivity index (χ2v) is 36.4. The fraction of sp³-hybridized carbons (Fsp3) is 0.857. The van der Waals surface area contributed by atoms with E-state index in [0.717, 1.165) is 238 Å². The summed E-state index contributed by atoms with van der Waals surface area (Å²) < 4.78 is 0. The molecule has 134 heavy (non-hydrogen) atoms. The van der Waals surface area contributed by atoms with E-state index in [1.165, 1.54) is 0 Å². The Morgan fingerprint density at radius 2 is 0.269 bits per heavy atom. The Morgan fingerprint density at radius 3 is 0.418 bits per heavy atom. The normalized spacial score (nSPS) is 12.8. The third kappa shape index (κ3) is 76.3. The fourth-order valence-corrected chi connectivity index (χ4v) is 15.8. The zero-order valence-electron chi connectivity index (χ0n) is 82.9. The van der Waals surface area contributed by atoms with Crippen molar-refractivity contribution in [2.75, 3.05) is 91.6 Å². The monoisotopic (exact) mass is 1900 g/mol. The van der Waals surface area contributed by atoms with Gasteiger partial charge in [0.15, 0.2) is 0 Å². The van der Waals surface area contributed by atoms with E-state index < -0.39 is 48.2 Å². The lowest BCUT2D eigenvalue weighted by atomic mass is 10.1. The molecule has 0 bridgehead atoms. The predicted molar refractivity (Wildman–Crippen MR) is 534 cm³/mol. The molecule has 0 aliphatic heterocycles. The van der Waals surface area contributed by atoms with Crippen LogP contribution in [0.3, 0.4) is 0 Å². The van der Waals surface area contributed by atoms with Gasteiger partial charge in [0, 0.05) is 84.2 Å². The maximum Gasteiger partial charge on any atom is 0.242 e. The maximum absolute atomic E-state index is 13.4. The van der Waals surface area contributed by atoms with Gasteiger partial charge in [-0.25, -0.2) is 0 Å². The standard InChI is InChI=1S/C98H192N22O14/c99-64-36-15-1-8-22-58-86(122)115-79(51-30-38-66-101)93(129)109-73-45-17-3-10-24-60-88(124)117-81(53-32-40-68-103)95(131)111-75-47-19-5-12-26-62-90(126)119-83(55-34-42-70-105)97(133)113-77-49-21-7-14-28-63-91(127)120-84(56-35-43-71-106)98(134)112-76-48-20-6-13-27-61-89(125)118-82(54-33-41-69-104)96(132)110-74-46-18-4-11-25-59-87(123)116-80(52-31-39-67-102)94(130)108-72-44-16-2-9-23-57-85(121)114-78(92(107)128)50-29-37-65-100/h78-84H,1-77,99-106H2,(H2,107,128)(H,108,130)(H,109,129)(H,110,132)(H,111,131)(H,112,134)(H,113,133)(H,114,121)(H,115,122)(H,116,123)(H,117,124)(H,118,125)(H,119,126)(H,120,127). The van der Waals surface area contributed by atoms with E-state index in [1.807, 2.05) is 0 Å². The molecule has 0 fully saturated rings. The molecule has 0 aliphatic rings. The molecule has 0 aromatic heterocycles. The molecule has 0 aromatic rings. The van der Waals surface area contributed by atoms with Crippen molar-refractivity contribution < 1.29 is 67.1 Å². The number of hydrogen-bond acceptors (Lipinski definition) is 22. The van der Waals surface area contributed by atoms with Crippen molar-refractivity contribution in [1.82, 2.24) is 69.1 Å². The molecule has 0 aliphatic carbocycles. The minimum atomic E-state index is -0.686. The highest BCUT2D eigenvalue weighted by molar-refractivity contribution is 5.91. The lowest BCUT2D eigenvalue weighted by molar-refractivity contribution is -0.129. The third-order valence-electron chi connectivity index (χ3n) is 24.1. The molecule has 31 N–H and O–H groups in total. The molecular weight excluding hydrogens is 1710 g/mol. The number of hydrogen-bond donors (Lipinski definition) is 22. The number of nitrogens with one attached hydrogen (secondary N) is 13. The predicted octanol–water partition coefficient (Wildman–Crippen LogP) is 6.81. The molecule has 7 unspecified atom stereocenters. The summed E-state index contributed by atoms with van der Waals surface area (Å²) in [7, 11) is 0. The maximum atomic E-state index is 13.4. The van der Waals surface area contributed by atoms with Crippen molar-refractivity contribution in [2.45, 2.75) is 447 Å². The van der Waals surface area contributed by atoms with Crippen LogP contribution in [0.4, 0.5) is 0 Å². The van der Waals surface area contributed by atoms with E-state index in [2.05, 4.69) is 69.1 Å². The van der Waals surface area contributed by atoms with Gasteiger partial charge in [0.2, 0.25) is 82.7 Å². The molecule has 778 valence electrons. The highest BCUT2D eigenvalue weighted by Crippen LogP contribution is 2.17. The quantitative estimate of drug-likeness (QED) is 0.0278. The van der Waals surface area contributed by atoms with Crippen LogP contribution >= 0.6 is 0 Å². The van der Waals surface area contributed by atoms with Crippen LogP contribution < -0.4 is 121 Å². The van der Waals surface area contributed by atoms with E-state index in [0.29, 0.717) is 239 Å². The lowest BCUT2D eigenvalue weighted by Gasteiger charge is -2.19. The average Bonchev–Trinajstić information content (AvgIpc) is 0.972. The van der Waals surface area contributed by atoms with Gasteiger partial charge in [-0.1, -0.05) is 135 Å². The van der Waals surface area contributed by atoms with Gasteiger partial charge in [0.05, 0.1) is 0 Å². The first-order valence-corrected chi connectivity index (χ1v) is 52.7. The van der Waals surface area contributed by atoms with Crippen molar-refractivity contribution in [1.29, 1.82) is 0 Å². The molecule has 0 heterocycles. The zero-order valence-corrected chi connectivity index (χ0v) is 82.9. The number of rotatable bonds is 97. The van der Waals surface area contributed by atoms with Crippen LogP contribution in [0.1, 0.15) is 405 Å². The van der Waals surface area contributed by atoms with Crippen LogP contribution in [0.25, 0.3) is 0 Å². The Balaban J connectivity index is 4.66. The van der Waals surface area contributed by atoms with Gasteiger partial charge in [-0.15, -0.1) is 0 Å². The molecule has 0 aromatic carbocycles. The summed E-state index contributed by atoms with van der Waals surface area (Å²) in [4.78, 5) is 182. The van der Waals surface area contributed by atoms with Gasteiger partial charge in [0.25, 0.3) is 0 Å². The van der Waals surface area contributed by atoms with Crippen LogP contribution in [0.5, 0.6) is 0 Å². The van der Waals surface area contributed by atoms with Gasteiger partial charge < -0.3 is 121 Å². The number of carbonyl (C=O) groups excluding carboxylic acids is 14. The Bertz CT molecular complexity index is 3020. The third-order valence-corrected chi connectivity index (χ3v) is 24.1. The molecule has 7 atom stereocenters. The second-order valence-electron chi connectivity index (χ2n) is 36.4. The zero-order chi connectivity index (χ0) is 98.8.